The molecule has 0 aliphatic heterocycles. The number of carbonyl (C=O) groups is 3. The summed E-state index contributed by atoms with van der Waals surface area (Å²) in [5, 5.41) is 25.2. The van der Waals surface area contributed by atoms with Crippen LogP contribution in [0.25, 0.3) is 0 Å². The summed E-state index contributed by atoms with van der Waals surface area (Å²) in [6, 6.07) is 11.3. The third-order valence-electron chi connectivity index (χ3n) is 5.69. The lowest BCUT2D eigenvalue weighted by Crippen LogP contribution is -2.46. The first kappa shape index (κ1) is 27.4. The van der Waals surface area contributed by atoms with Crippen molar-refractivity contribution >= 4 is 17.7 Å². The molecule has 0 spiro atoms. The Morgan fingerprint density at radius 2 is 1.57 bits per heavy atom. The zero-order valence-corrected chi connectivity index (χ0v) is 20.7. The molecule has 0 atom stereocenters. The second-order valence-corrected chi connectivity index (χ2v) is 8.24. The first-order valence-corrected chi connectivity index (χ1v) is 11.6. The molecule has 2 aromatic carbocycles. The summed E-state index contributed by atoms with van der Waals surface area (Å²) in [5.74, 6) is -5.00. The van der Waals surface area contributed by atoms with Crippen LogP contribution < -0.4 is 10.6 Å². The molecule has 1 aromatic heterocycles. The highest BCUT2D eigenvalue weighted by Gasteiger charge is 2.30. The van der Waals surface area contributed by atoms with E-state index in [9.17, 15) is 29.0 Å². The van der Waals surface area contributed by atoms with Crippen LogP contribution >= 0.6 is 0 Å². The number of rotatable bonds is 9. The van der Waals surface area contributed by atoms with Crippen LogP contribution in [0.4, 0.5) is 4.39 Å². The third-order valence-corrected chi connectivity index (χ3v) is 5.69. The first-order chi connectivity index (χ1) is 17.6. The maximum atomic E-state index is 13.5. The van der Waals surface area contributed by atoms with E-state index in [0.29, 0.717) is 18.7 Å². The SMILES string of the molecule is CCN(CC)C(=O)c1ccc(CNC(=O)c2cc(C(=O)NC(O)(O)c3ccc(F)c(C)c3)ncn2)cc1. The highest BCUT2D eigenvalue weighted by molar-refractivity contribution is 5.97. The number of aryl methyl sites for hydroxylation is 1. The molecule has 3 rings (SSSR count). The quantitative estimate of drug-likeness (QED) is 0.322. The highest BCUT2D eigenvalue weighted by Crippen LogP contribution is 2.19. The average Bonchev–Trinajstić information content (AvgIpc) is 2.89. The number of amides is 3. The molecule has 0 radical (unpaired) electrons. The number of benzene rings is 2. The monoisotopic (exact) mass is 509 g/mol. The number of carbonyl (C=O) groups excluding carboxylic acids is 3. The number of halogens is 1. The summed E-state index contributed by atoms with van der Waals surface area (Å²) in [5.41, 5.74) is 0.890. The average molecular weight is 510 g/mol. The number of hydrogen-bond acceptors (Lipinski definition) is 7. The van der Waals surface area contributed by atoms with Crippen LogP contribution in [0.1, 0.15) is 61.9 Å². The Hall–Kier alpha value is -4.22. The van der Waals surface area contributed by atoms with Gasteiger partial charge in [0.25, 0.3) is 23.6 Å². The van der Waals surface area contributed by atoms with Gasteiger partial charge in [0.05, 0.1) is 0 Å². The van der Waals surface area contributed by atoms with Crippen LogP contribution in [0.5, 0.6) is 0 Å². The fraction of sp³-hybridized carbons (Fsp3) is 0.269. The molecule has 0 fully saturated rings. The second kappa shape index (κ2) is 11.7. The van der Waals surface area contributed by atoms with E-state index in [1.165, 1.54) is 13.0 Å². The Morgan fingerprint density at radius 1 is 0.946 bits per heavy atom. The molecule has 194 valence electrons. The van der Waals surface area contributed by atoms with Gasteiger partial charge in [0.1, 0.15) is 23.5 Å². The predicted octanol–water partition coefficient (Wildman–Crippen LogP) is 1.86. The van der Waals surface area contributed by atoms with Crippen molar-refractivity contribution in [3.8, 4) is 0 Å². The summed E-state index contributed by atoms with van der Waals surface area (Å²) in [6.45, 7) is 6.61. The molecule has 10 nitrogen and oxygen atoms in total. The molecule has 0 aliphatic rings. The lowest BCUT2D eigenvalue weighted by atomic mass is 10.1. The van der Waals surface area contributed by atoms with Gasteiger partial charge in [-0.25, -0.2) is 14.4 Å². The highest BCUT2D eigenvalue weighted by atomic mass is 19.1. The van der Waals surface area contributed by atoms with E-state index >= 15 is 0 Å². The van der Waals surface area contributed by atoms with E-state index in [0.717, 1.165) is 30.1 Å². The van der Waals surface area contributed by atoms with Crippen molar-refractivity contribution in [1.29, 1.82) is 0 Å². The van der Waals surface area contributed by atoms with E-state index in [2.05, 4.69) is 15.3 Å². The predicted molar refractivity (Wildman–Crippen MR) is 132 cm³/mol. The third kappa shape index (κ3) is 6.72. The summed E-state index contributed by atoms with van der Waals surface area (Å²) in [7, 11) is 0. The number of nitrogens with one attached hydrogen (secondary N) is 2. The van der Waals surface area contributed by atoms with Crippen LogP contribution in [0.3, 0.4) is 0 Å². The van der Waals surface area contributed by atoms with Crippen LogP contribution in [0, 0.1) is 12.7 Å². The van der Waals surface area contributed by atoms with Gasteiger partial charge in [0.15, 0.2) is 0 Å². The molecule has 0 unspecified atom stereocenters. The van der Waals surface area contributed by atoms with Crippen LogP contribution in [0.2, 0.25) is 0 Å². The van der Waals surface area contributed by atoms with Gasteiger partial charge in [0.2, 0.25) is 0 Å². The molecule has 4 N–H and O–H groups in total. The van der Waals surface area contributed by atoms with Crippen molar-refractivity contribution in [2.75, 3.05) is 13.1 Å². The first-order valence-electron chi connectivity index (χ1n) is 11.6. The zero-order valence-electron chi connectivity index (χ0n) is 20.7. The maximum Gasteiger partial charge on any atom is 0.275 e. The molecule has 37 heavy (non-hydrogen) atoms. The topological polar surface area (TPSA) is 145 Å². The van der Waals surface area contributed by atoms with Crippen molar-refractivity contribution in [1.82, 2.24) is 25.5 Å². The molecule has 0 aliphatic carbocycles. The molecule has 3 aromatic rings. The van der Waals surface area contributed by atoms with E-state index in [4.69, 9.17) is 0 Å². The Bertz CT molecular complexity index is 1290. The lowest BCUT2D eigenvalue weighted by molar-refractivity contribution is -0.185. The minimum Gasteiger partial charge on any atom is -0.347 e. The van der Waals surface area contributed by atoms with Gasteiger partial charge < -0.3 is 20.4 Å². The fourth-order valence-corrected chi connectivity index (χ4v) is 3.49. The van der Waals surface area contributed by atoms with Crippen LogP contribution in [-0.4, -0.2) is 55.9 Å². The summed E-state index contributed by atoms with van der Waals surface area (Å²) < 4.78 is 13.5. The summed E-state index contributed by atoms with van der Waals surface area (Å²) in [6.07, 6.45) is 0.996. The lowest BCUT2D eigenvalue weighted by Gasteiger charge is -2.23. The Balaban J connectivity index is 1.64. The van der Waals surface area contributed by atoms with Crippen molar-refractivity contribution in [2.24, 2.45) is 0 Å². The molecule has 1 heterocycles. The van der Waals surface area contributed by atoms with Crippen molar-refractivity contribution in [3.05, 3.63) is 94.3 Å². The van der Waals surface area contributed by atoms with Gasteiger partial charge in [-0.05, 0) is 62.2 Å². The molecule has 11 heteroatoms. The van der Waals surface area contributed by atoms with E-state index < -0.39 is 23.5 Å². The van der Waals surface area contributed by atoms with Crippen LogP contribution in [0.15, 0.2) is 54.9 Å². The molecular formula is C26H28FN5O5. The Morgan fingerprint density at radius 3 is 2.16 bits per heavy atom. The zero-order chi connectivity index (χ0) is 27.2. The van der Waals surface area contributed by atoms with Gasteiger partial charge in [-0.2, -0.15) is 0 Å². The van der Waals surface area contributed by atoms with Gasteiger partial charge >= 0.3 is 0 Å². The van der Waals surface area contributed by atoms with Crippen molar-refractivity contribution in [2.45, 2.75) is 33.2 Å². The number of aliphatic hydroxyl groups is 2. The van der Waals surface area contributed by atoms with Gasteiger partial charge in [0, 0.05) is 36.8 Å². The van der Waals surface area contributed by atoms with E-state index in [1.807, 2.05) is 19.2 Å². The van der Waals surface area contributed by atoms with Crippen molar-refractivity contribution < 1.29 is 29.0 Å². The smallest absolute Gasteiger partial charge is 0.275 e. The molecule has 0 saturated heterocycles. The summed E-state index contributed by atoms with van der Waals surface area (Å²) in [4.78, 5) is 46.9. The largest absolute Gasteiger partial charge is 0.347 e. The van der Waals surface area contributed by atoms with Gasteiger partial charge in [-0.1, -0.05) is 12.1 Å². The number of nitrogens with zero attached hydrogens (tertiary/aromatic N) is 3. The van der Waals surface area contributed by atoms with E-state index in [1.54, 1.807) is 29.2 Å². The fourth-order valence-electron chi connectivity index (χ4n) is 3.49. The number of aromatic nitrogens is 2. The molecule has 3 amide bonds. The normalized spacial score (nSPS) is 11.1. The minimum absolute atomic E-state index is 0.0725. The maximum absolute atomic E-state index is 13.5. The Labute approximate surface area is 213 Å². The van der Waals surface area contributed by atoms with Crippen molar-refractivity contribution in [3.63, 3.8) is 0 Å². The molecular weight excluding hydrogens is 481 g/mol. The molecule has 0 saturated carbocycles. The minimum atomic E-state index is -2.80. The second-order valence-electron chi connectivity index (χ2n) is 8.24. The summed E-state index contributed by atoms with van der Waals surface area (Å²) >= 11 is 0. The molecule has 0 bridgehead atoms. The Kier molecular flexibility index (Phi) is 8.64. The standard InChI is InChI=1S/C26H28FN5O5/c1-4-32(5-2)25(35)18-8-6-17(7-9-18)14-28-23(33)21-13-22(30-15-29-21)24(34)31-26(36,37)19-10-11-20(27)16(3)12-19/h6-13,15,36-37H,4-5,14H2,1-3H3,(H,28,33)(H,31,34). The van der Waals surface area contributed by atoms with Gasteiger partial charge in [-0.15, -0.1) is 0 Å². The number of hydrogen-bond donors (Lipinski definition) is 4. The van der Waals surface area contributed by atoms with E-state index in [-0.39, 0.29) is 35.0 Å². The van der Waals surface area contributed by atoms with Gasteiger partial charge in [-0.3, -0.25) is 19.7 Å². The van der Waals surface area contributed by atoms with Crippen LogP contribution in [-0.2, 0) is 12.5 Å².